The van der Waals surface area contributed by atoms with Gasteiger partial charge in [-0.1, -0.05) is 24.6 Å². The molecule has 0 unspecified atom stereocenters. The molecule has 0 heterocycles. The molecule has 0 aromatic heterocycles. The largest absolute Gasteiger partial charge is 0.317 e. The number of anilines is 1. The maximum absolute atomic E-state index is 12.1. The van der Waals surface area contributed by atoms with Crippen LogP contribution >= 0.6 is 0 Å². The summed E-state index contributed by atoms with van der Waals surface area (Å²) < 4.78 is 25.5. The molecule has 1 aromatic rings. The van der Waals surface area contributed by atoms with Crippen LogP contribution in [-0.2, 0) is 10.0 Å². The molecule has 0 fully saturated rings. The first-order valence-electron chi connectivity index (χ1n) is 6.21. The van der Waals surface area contributed by atoms with Gasteiger partial charge < -0.3 is 5.32 Å². The van der Waals surface area contributed by atoms with Gasteiger partial charge in [0, 0.05) is 7.05 Å². The number of sulfonamides is 1. The number of hydrogen-bond acceptors (Lipinski definition) is 3. The molecule has 4 nitrogen and oxygen atoms in total. The fraction of sp³-hybridized carbons (Fsp3) is 0.538. The third kappa shape index (κ3) is 4.31. The van der Waals surface area contributed by atoms with Crippen LogP contribution in [0.5, 0.6) is 0 Å². The van der Waals surface area contributed by atoms with Gasteiger partial charge in [0.25, 0.3) is 0 Å². The molecule has 1 aromatic carbocycles. The minimum absolute atomic E-state index is 0.171. The van der Waals surface area contributed by atoms with Crippen molar-refractivity contribution in [1.29, 1.82) is 0 Å². The number of benzene rings is 1. The van der Waals surface area contributed by atoms with E-state index in [9.17, 15) is 8.42 Å². The molecular formula is C13H22N2O2S. The van der Waals surface area contributed by atoms with Gasteiger partial charge in [0.1, 0.15) is 0 Å². The van der Waals surface area contributed by atoms with Crippen molar-refractivity contribution < 1.29 is 8.42 Å². The highest BCUT2D eigenvalue weighted by atomic mass is 32.2. The summed E-state index contributed by atoms with van der Waals surface area (Å²) >= 11 is 0. The lowest BCUT2D eigenvalue weighted by atomic mass is 10.2. The normalized spacial score (nSPS) is 11.5. The topological polar surface area (TPSA) is 49.4 Å². The zero-order valence-electron chi connectivity index (χ0n) is 11.3. The van der Waals surface area contributed by atoms with Crippen molar-refractivity contribution in [3.63, 3.8) is 0 Å². The van der Waals surface area contributed by atoms with E-state index in [2.05, 4.69) is 5.32 Å². The smallest absolute Gasteiger partial charge is 0.234 e. The zero-order valence-corrected chi connectivity index (χ0v) is 12.1. The van der Waals surface area contributed by atoms with Crippen LogP contribution in [0.4, 0.5) is 5.69 Å². The summed E-state index contributed by atoms with van der Waals surface area (Å²) in [6.45, 7) is 5.59. The molecule has 0 atom stereocenters. The third-order valence-corrected chi connectivity index (χ3v) is 4.67. The lowest BCUT2D eigenvalue weighted by Gasteiger charge is -2.19. The van der Waals surface area contributed by atoms with Gasteiger partial charge in [0.15, 0.2) is 0 Å². The Morgan fingerprint density at radius 1 is 1.22 bits per heavy atom. The molecule has 0 spiro atoms. The number of rotatable bonds is 7. The van der Waals surface area contributed by atoms with E-state index in [1.54, 1.807) is 7.05 Å². The number of nitrogens with one attached hydrogen (secondary N) is 1. The molecule has 0 saturated heterocycles. The summed E-state index contributed by atoms with van der Waals surface area (Å²) in [5, 5.41) is 3.12. The van der Waals surface area contributed by atoms with E-state index in [1.807, 2.05) is 38.1 Å². The van der Waals surface area contributed by atoms with Gasteiger partial charge in [-0.05, 0) is 38.6 Å². The number of nitrogens with zero attached hydrogens (tertiary/aromatic N) is 1. The highest BCUT2D eigenvalue weighted by Crippen LogP contribution is 2.17. The van der Waals surface area contributed by atoms with Crippen LogP contribution in [-0.4, -0.2) is 34.3 Å². The van der Waals surface area contributed by atoms with Gasteiger partial charge in [-0.2, -0.15) is 0 Å². The number of hydrogen-bond donors (Lipinski definition) is 1. The summed E-state index contributed by atoms with van der Waals surface area (Å²) in [7, 11) is -1.61. The second-order valence-corrected chi connectivity index (χ2v) is 6.45. The highest BCUT2D eigenvalue weighted by Gasteiger charge is 2.17. The first-order chi connectivity index (χ1) is 8.47. The molecule has 18 heavy (non-hydrogen) atoms. The Morgan fingerprint density at radius 2 is 1.83 bits per heavy atom. The van der Waals surface area contributed by atoms with E-state index in [-0.39, 0.29) is 5.75 Å². The highest BCUT2D eigenvalue weighted by molar-refractivity contribution is 7.92. The Morgan fingerprint density at radius 3 is 2.39 bits per heavy atom. The van der Waals surface area contributed by atoms with Crippen LogP contribution in [0.2, 0.25) is 0 Å². The van der Waals surface area contributed by atoms with Crippen LogP contribution in [0.15, 0.2) is 24.3 Å². The lowest BCUT2D eigenvalue weighted by molar-refractivity contribution is 0.588. The minimum Gasteiger partial charge on any atom is -0.317 e. The molecule has 5 heteroatoms. The van der Waals surface area contributed by atoms with Crippen LogP contribution < -0.4 is 9.62 Å². The summed E-state index contributed by atoms with van der Waals surface area (Å²) in [6.07, 6.45) is 0.631. The fourth-order valence-electron chi connectivity index (χ4n) is 1.61. The molecule has 102 valence electrons. The van der Waals surface area contributed by atoms with Gasteiger partial charge in [0.05, 0.1) is 11.4 Å². The SMILES string of the molecule is CCNCCCS(=O)(=O)N(C)c1ccc(C)cc1. The van der Waals surface area contributed by atoms with Gasteiger partial charge in [0.2, 0.25) is 10.0 Å². The van der Waals surface area contributed by atoms with Crippen LogP contribution in [0.3, 0.4) is 0 Å². The minimum atomic E-state index is -3.21. The molecule has 0 radical (unpaired) electrons. The molecule has 0 amide bonds. The fourth-order valence-corrected chi connectivity index (χ4v) is 2.83. The molecular weight excluding hydrogens is 248 g/mol. The zero-order chi connectivity index (χ0) is 13.6. The summed E-state index contributed by atoms with van der Waals surface area (Å²) in [6, 6.07) is 7.49. The van der Waals surface area contributed by atoms with E-state index in [0.717, 1.165) is 18.7 Å². The van der Waals surface area contributed by atoms with Crippen molar-refractivity contribution in [2.24, 2.45) is 0 Å². The van der Waals surface area contributed by atoms with Crippen LogP contribution in [0, 0.1) is 6.92 Å². The standard InChI is InChI=1S/C13H22N2O2S/c1-4-14-10-5-11-18(16,17)15(3)13-8-6-12(2)7-9-13/h6-9,14H,4-5,10-11H2,1-3H3. The second kappa shape index (κ2) is 6.75. The molecule has 1 N–H and O–H groups in total. The van der Waals surface area contributed by atoms with Gasteiger partial charge in [-0.25, -0.2) is 8.42 Å². The average Bonchev–Trinajstić information content (AvgIpc) is 2.35. The van der Waals surface area contributed by atoms with E-state index in [1.165, 1.54) is 4.31 Å². The predicted molar refractivity (Wildman–Crippen MR) is 76.5 cm³/mol. The van der Waals surface area contributed by atoms with Crippen molar-refractivity contribution in [2.45, 2.75) is 20.3 Å². The van der Waals surface area contributed by atoms with Crippen LogP contribution in [0.1, 0.15) is 18.9 Å². The van der Waals surface area contributed by atoms with E-state index >= 15 is 0 Å². The van der Waals surface area contributed by atoms with Crippen molar-refractivity contribution in [3.8, 4) is 0 Å². The Bertz CT molecular complexity index is 454. The molecule has 0 aliphatic heterocycles. The van der Waals surface area contributed by atoms with Crippen molar-refractivity contribution in [1.82, 2.24) is 5.32 Å². The van der Waals surface area contributed by atoms with Crippen molar-refractivity contribution in [3.05, 3.63) is 29.8 Å². The molecule has 0 aliphatic rings. The second-order valence-electron chi connectivity index (χ2n) is 4.33. The Labute approximate surface area is 110 Å². The van der Waals surface area contributed by atoms with Gasteiger partial charge >= 0.3 is 0 Å². The van der Waals surface area contributed by atoms with Crippen molar-refractivity contribution in [2.75, 3.05) is 30.2 Å². The first-order valence-corrected chi connectivity index (χ1v) is 7.82. The lowest BCUT2D eigenvalue weighted by Crippen LogP contribution is -2.30. The maximum atomic E-state index is 12.1. The van der Waals surface area contributed by atoms with E-state index in [4.69, 9.17) is 0 Å². The van der Waals surface area contributed by atoms with Crippen LogP contribution in [0.25, 0.3) is 0 Å². The average molecular weight is 270 g/mol. The summed E-state index contributed by atoms with van der Waals surface area (Å²) in [4.78, 5) is 0. The van der Waals surface area contributed by atoms with Gasteiger partial charge in [-0.15, -0.1) is 0 Å². The molecule has 1 rings (SSSR count). The monoisotopic (exact) mass is 270 g/mol. The quantitative estimate of drug-likeness (QED) is 0.768. The van der Waals surface area contributed by atoms with E-state index < -0.39 is 10.0 Å². The third-order valence-electron chi connectivity index (χ3n) is 2.82. The maximum Gasteiger partial charge on any atom is 0.234 e. The Hall–Kier alpha value is -1.07. The molecule has 0 aliphatic carbocycles. The molecule has 0 bridgehead atoms. The predicted octanol–water partition coefficient (Wildman–Crippen LogP) is 1.76. The van der Waals surface area contributed by atoms with Gasteiger partial charge in [-0.3, -0.25) is 4.31 Å². The van der Waals surface area contributed by atoms with Crippen molar-refractivity contribution >= 4 is 15.7 Å². The molecule has 0 saturated carbocycles. The van der Waals surface area contributed by atoms with E-state index in [0.29, 0.717) is 12.1 Å². The first kappa shape index (κ1) is 15.0. The number of aryl methyl sites for hydroxylation is 1. The summed E-state index contributed by atoms with van der Waals surface area (Å²) in [5.41, 5.74) is 1.83. The Kier molecular flexibility index (Phi) is 5.62. The Balaban J connectivity index is 2.64. The summed E-state index contributed by atoms with van der Waals surface area (Å²) in [5.74, 6) is 0.171.